The topological polar surface area (TPSA) is 98.0 Å². The second-order valence-electron chi connectivity index (χ2n) is 10.1. The van der Waals surface area contributed by atoms with Crippen molar-refractivity contribution in [1.82, 2.24) is 0 Å². The Hall–Kier alpha value is -3.31. The van der Waals surface area contributed by atoms with Gasteiger partial charge in [-0.1, -0.05) is 41.0 Å². The number of phenols is 2. The Morgan fingerprint density at radius 3 is 2.14 bits per heavy atom. The first-order chi connectivity index (χ1) is 16.4. The number of hydrogen-bond acceptors (Lipinski definition) is 5. The highest BCUT2D eigenvalue weighted by molar-refractivity contribution is 6.11. The first-order valence-corrected chi connectivity index (χ1v) is 11.9. The fourth-order valence-corrected chi connectivity index (χ4v) is 4.67. The number of fused-ring (bicyclic) bond motifs is 2. The number of allylic oxidation sites excluding steroid dienone is 6. The van der Waals surface area contributed by atoms with Crippen molar-refractivity contribution >= 4 is 22.3 Å². The molecule has 0 fully saturated rings. The molecular weight excluding hydrogens is 440 g/mol. The number of benzene rings is 2. The average molecular weight is 477 g/mol. The van der Waals surface area contributed by atoms with Crippen LogP contribution in [-0.2, 0) is 16.6 Å². The zero-order valence-electron chi connectivity index (χ0n) is 21.5. The van der Waals surface area contributed by atoms with Crippen molar-refractivity contribution in [2.24, 2.45) is 0 Å². The van der Waals surface area contributed by atoms with Gasteiger partial charge in [-0.05, 0) is 83.4 Å². The summed E-state index contributed by atoms with van der Waals surface area (Å²) >= 11 is 0. The van der Waals surface area contributed by atoms with Gasteiger partial charge in [-0.2, -0.15) is 0 Å². The molecule has 1 atom stereocenters. The van der Waals surface area contributed by atoms with Crippen molar-refractivity contribution in [2.75, 3.05) is 6.61 Å². The fraction of sp³-hybridized carbons (Fsp3) is 0.367. The van der Waals surface area contributed by atoms with Crippen LogP contribution in [0.4, 0.5) is 0 Å². The quantitative estimate of drug-likeness (QED) is 0.343. The molecule has 2 aromatic rings. The summed E-state index contributed by atoms with van der Waals surface area (Å²) in [4.78, 5) is 13.5. The van der Waals surface area contributed by atoms with Gasteiger partial charge in [-0.15, -0.1) is 0 Å². The van der Waals surface area contributed by atoms with Crippen LogP contribution in [0.2, 0.25) is 0 Å². The molecule has 0 bridgehead atoms. The first-order valence-electron chi connectivity index (χ1n) is 11.9. The van der Waals surface area contributed by atoms with E-state index in [-0.39, 0.29) is 40.6 Å². The van der Waals surface area contributed by atoms with E-state index in [4.69, 9.17) is 0 Å². The van der Waals surface area contributed by atoms with E-state index in [1.165, 1.54) is 6.08 Å². The minimum absolute atomic E-state index is 0.0200. The molecule has 0 radical (unpaired) electrons. The van der Waals surface area contributed by atoms with Crippen LogP contribution in [0.25, 0.3) is 16.5 Å². The van der Waals surface area contributed by atoms with Gasteiger partial charge in [0.05, 0.1) is 23.0 Å². The summed E-state index contributed by atoms with van der Waals surface area (Å²) in [7, 11) is 0. The average Bonchev–Trinajstić information content (AvgIpc) is 2.77. The second kappa shape index (κ2) is 10.1. The number of ketones is 1. The van der Waals surface area contributed by atoms with Crippen LogP contribution >= 0.6 is 0 Å². The normalized spacial score (nSPS) is 17.7. The number of carbonyl (C=O) groups is 1. The van der Waals surface area contributed by atoms with Gasteiger partial charge < -0.3 is 20.4 Å². The molecule has 0 amide bonds. The SMILES string of the molecule is CC(C)=CCc1c(C)cc2cc3c(c(O)c2c1O)C(O)=CC(=O)[C@@]3(CC=C(C)C)CC=C(C)CO. The van der Waals surface area contributed by atoms with Crippen LogP contribution in [-0.4, -0.2) is 32.8 Å². The van der Waals surface area contributed by atoms with E-state index in [1.54, 1.807) is 6.92 Å². The van der Waals surface area contributed by atoms with E-state index in [0.717, 1.165) is 22.3 Å². The molecule has 0 aliphatic heterocycles. The fourth-order valence-electron chi connectivity index (χ4n) is 4.67. The number of aliphatic hydroxyl groups excluding tert-OH is 2. The van der Waals surface area contributed by atoms with Gasteiger partial charge in [0.15, 0.2) is 5.78 Å². The summed E-state index contributed by atoms with van der Waals surface area (Å²) in [5, 5.41) is 43.8. The summed E-state index contributed by atoms with van der Waals surface area (Å²) in [6.45, 7) is 11.5. The van der Waals surface area contributed by atoms with Crippen LogP contribution in [0.3, 0.4) is 0 Å². The highest BCUT2D eigenvalue weighted by Gasteiger charge is 2.44. The molecule has 0 aromatic heterocycles. The monoisotopic (exact) mass is 476 g/mol. The molecular formula is C30H36O5. The maximum atomic E-state index is 13.5. The van der Waals surface area contributed by atoms with Crippen molar-refractivity contribution in [3.63, 3.8) is 0 Å². The Morgan fingerprint density at radius 2 is 1.54 bits per heavy atom. The summed E-state index contributed by atoms with van der Waals surface area (Å²) in [6, 6.07) is 3.72. The third-order valence-corrected chi connectivity index (χ3v) is 6.83. The molecule has 5 nitrogen and oxygen atoms in total. The van der Waals surface area contributed by atoms with Crippen LogP contribution < -0.4 is 0 Å². The van der Waals surface area contributed by atoms with E-state index in [1.807, 2.05) is 65.0 Å². The summed E-state index contributed by atoms with van der Waals surface area (Å²) in [5.74, 6) is -0.833. The van der Waals surface area contributed by atoms with E-state index < -0.39 is 5.41 Å². The van der Waals surface area contributed by atoms with Gasteiger partial charge in [0.2, 0.25) is 0 Å². The standard InChI is InChI=1S/C30H36O5/c1-17(2)7-8-22-20(6)13-21-14-23-27(29(35)26(21)28(22)34)24(32)15-25(33)30(23,11-9-18(3)4)12-10-19(5)16-31/h7,9-10,13-15,31-32,34-35H,8,11-12,16H2,1-6H3/t30-/m0/s1. The molecule has 1 aliphatic rings. The molecule has 186 valence electrons. The maximum Gasteiger partial charge on any atom is 0.170 e. The number of aliphatic hydroxyl groups is 2. The van der Waals surface area contributed by atoms with Gasteiger partial charge in [0.25, 0.3) is 0 Å². The summed E-state index contributed by atoms with van der Waals surface area (Å²) in [5.41, 5.74) is 4.10. The minimum Gasteiger partial charge on any atom is -0.507 e. The van der Waals surface area contributed by atoms with Crippen molar-refractivity contribution in [2.45, 2.75) is 66.2 Å². The molecule has 4 N–H and O–H groups in total. The predicted molar refractivity (Wildman–Crippen MR) is 142 cm³/mol. The van der Waals surface area contributed by atoms with Crippen LogP contribution in [0.1, 0.15) is 69.7 Å². The number of hydrogen-bond donors (Lipinski definition) is 4. The molecule has 0 spiro atoms. The molecule has 2 aromatic carbocycles. The highest BCUT2D eigenvalue weighted by atomic mass is 16.3. The molecule has 5 heteroatoms. The van der Waals surface area contributed by atoms with Crippen LogP contribution in [0.5, 0.6) is 11.5 Å². The third-order valence-electron chi connectivity index (χ3n) is 6.83. The molecule has 0 heterocycles. The second-order valence-corrected chi connectivity index (χ2v) is 10.1. The van der Waals surface area contributed by atoms with Gasteiger partial charge >= 0.3 is 0 Å². The first kappa shape index (κ1) is 26.3. The van der Waals surface area contributed by atoms with Crippen molar-refractivity contribution in [3.05, 3.63) is 75.4 Å². The maximum absolute atomic E-state index is 13.5. The molecule has 35 heavy (non-hydrogen) atoms. The Kier molecular flexibility index (Phi) is 7.61. The Morgan fingerprint density at radius 1 is 0.914 bits per heavy atom. The number of phenolic OH excluding ortho intramolecular Hbond substituents is 2. The smallest absolute Gasteiger partial charge is 0.170 e. The van der Waals surface area contributed by atoms with Gasteiger partial charge in [0, 0.05) is 11.6 Å². The zero-order valence-corrected chi connectivity index (χ0v) is 21.5. The molecule has 0 saturated heterocycles. The van der Waals surface area contributed by atoms with Crippen LogP contribution in [0, 0.1) is 6.92 Å². The summed E-state index contributed by atoms with van der Waals surface area (Å²) < 4.78 is 0. The zero-order chi connectivity index (χ0) is 26.1. The molecule has 1 aliphatic carbocycles. The summed E-state index contributed by atoms with van der Waals surface area (Å²) in [6.07, 6.45) is 8.18. The number of carbonyl (C=O) groups excluding carboxylic acids is 1. The van der Waals surface area contributed by atoms with Crippen molar-refractivity contribution in [3.8, 4) is 11.5 Å². The van der Waals surface area contributed by atoms with Gasteiger partial charge in [0.1, 0.15) is 17.3 Å². The van der Waals surface area contributed by atoms with E-state index in [2.05, 4.69) is 0 Å². The van der Waals surface area contributed by atoms with Crippen molar-refractivity contribution in [1.29, 1.82) is 0 Å². The van der Waals surface area contributed by atoms with Gasteiger partial charge in [-0.3, -0.25) is 4.79 Å². The van der Waals surface area contributed by atoms with Gasteiger partial charge in [-0.25, -0.2) is 0 Å². The number of aryl methyl sites for hydroxylation is 1. The Balaban J connectivity index is 2.39. The molecule has 0 saturated carbocycles. The largest absolute Gasteiger partial charge is 0.507 e. The van der Waals surface area contributed by atoms with E-state index in [9.17, 15) is 25.2 Å². The number of aromatic hydroxyl groups is 2. The Bertz CT molecular complexity index is 1300. The third kappa shape index (κ3) is 4.92. The predicted octanol–water partition coefficient (Wildman–Crippen LogP) is 6.47. The lowest BCUT2D eigenvalue weighted by Crippen LogP contribution is -2.37. The number of rotatable bonds is 7. The van der Waals surface area contributed by atoms with Crippen LogP contribution in [0.15, 0.2) is 53.2 Å². The lowest BCUT2D eigenvalue weighted by atomic mass is 9.66. The highest BCUT2D eigenvalue weighted by Crippen LogP contribution is 2.50. The Labute approximate surface area is 207 Å². The lowest BCUT2D eigenvalue weighted by molar-refractivity contribution is -0.120. The lowest BCUT2D eigenvalue weighted by Gasteiger charge is -2.36. The molecule has 0 unspecified atom stereocenters. The van der Waals surface area contributed by atoms with E-state index in [0.29, 0.717) is 35.8 Å². The van der Waals surface area contributed by atoms with E-state index >= 15 is 0 Å². The molecule has 3 rings (SSSR count). The minimum atomic E-state index is -1.06. The van der Waals surface area contributed by atoms with Crippen molar-refractivity contribution < 1.29 is 25.2 Å².